The highest BCUT2D eigenvalue weighted by molar-refractivity contribution is 6.48. The van der Waals surface area contributed by atoms with Crippen molar-refractivity contribution in [3.8, 4) is 0 Å². The van der Waals surface area contributed by atoms with Crippen molar-refractivity contribution < 1.29 is 14.0 Å². The first-order chi connectivity index (χ1) is 14.1. The molecule has 0 fully saturated rings. The summed E-state index contributed by atoms with van der Waals surface area (Å²) in [5.74, 6) is -1.53. The molecule has 0 unspecified atom stereocenters. The van der Waals surface area contributed by atoms with Crippen LogP contribution in [0.15, 0.2) is 85.1 Å². The van der Waals surface area contributed by atoms with Crippen molar-refractivity contribution in [3.63, 3.8) is 0 Å². The molecule has 0 atom stereocenters. The summed E-state index contributed by atoms with van der Waals surface area (Å²) in [7, 11) is 1.58. The van der Waals surface area contributed by atoms with E-state index in [2.05, 4.69) is 0 Å². The van der Waals surface area contributed by atoms with Gasteiger partial charge in [-0.1, -0.05) is 54.6 Å². The fourth-order valence-electron chi connectivity index (χ4n) is 3.41. The maximum atomic E-state index is 14.1. The molecular formula is C24H19FN2O2. The Hall–Kier alpha value is -3.73. The molecule has 0 aliphatic heterocycles. The second-order valence-corrected chi connectivity index (χ2v) is 6.81. The van der Waals surface area contributed by atoms with Crippen LogP contribution >= 0.6 is 0 Å². The summed E-state index contributed by atoms with van der Waals surface area (Å²) >= 11 is 0. The summed E-state index contributed by atoms with van der Waals surface area (Å²) in [6.07, 6.45) is 1.64. The number of hydrogen-bond donors (Lipinski definition) is 0. The van der Waals surface area contributed by atoms with E-state index in [0.29, 0.717) is 22.2 Å². The molecule has 1 aromatic heterocycles. The highest BCUT2D eigenvalue weighted by atomic mass is 19.1. The van der Waals surface area contributed by atoms with Crippen molar-refractivity contribution in [2.75, 3.05) is 11.9 Å². The van der Waals surface area contributed by atoms with Crippen molar-refractivity contribution >= 4 is 28.3 Å². The van der Waals surface area contributed by atoms with Gasteiger partial charge in [-0.2, -0.15) is 0 Å². The average Bonchev–Trinajstić information content (AvgIpc) is 3.13. The van der Waals surface area contributed by atoms with Gasteiger partial charge in [0.25, 0.3) is 11.7 Å². The minimum absolute atomic E-state index is 0.267. The normalized spacial score (nSPS) is 10.8. The fraction of sp³-hybridized carbons (Fsp3) is 0.0833. The van der Waals surface area contributed by atoms with E-state index < -0.39 is 11.7 Å². The summed E-state index contributed by atoms with van der Waals surface area (Å²) in [6, 6.07) is 22.9. The van der Waals surface area contributed by atoms with Gasteiger partial charge in [-0.05, 0) is 24.3 Å². The Bertz CT molecular complexity index is 1200. The number of Topliss-reactive ketones (excluding diaryl/α,β-unsaturated/α-hetero) is 1. The third-order valence-corrected chi connectivity index (χ3v) is 4.97. The zero-order chi connectivity index (χ0) is 20.4. The second kappa shape index (κ2) is 7.72. The molecule has 0 saturated heterocycles. The van der Waals surface area contributed by atoms with E-state index in [4.69, 9.17) is 0 Å². The summed E-state index contributed by atoms with van der Waals surface area (Å²) in [5, 5.41) is 0.670. The van der Waals surface area contributed by atoms with Crippen LogP contribution in [0.25, 0.3) is 10.9 Å². The van der Waals surface area contributed by atoms with Crippen LogP contribution in [0.2, 0.25) is 0 Å². The first-order valence-electron chi connectivity index (χ1n) is 9.25. The van der Waals surface area contributed by atoms with Gasteiger partial charge in [0.2, 0.25) is 0 Å². The van der Waals surface area contributed by atoms with E-state index >= 15 is 0 Å². The monoisotopic (exact) mass is 386 g/mol. The Morgan fingerprint density at radius 2 is 1.55 bits per heavy atom. The fourth-order valence-corrected chi connectivity index (χ4v) is 3.41. The van der Waals surface area contributed by atoms with Crippen LogP contribution in [0.1, 0.15) is 15.9 Å². The number of ketones is 1. The van der Waals surface area contributed by atoms with E-state index in [-0.39, 0.29) is 12.4 Å². The number of carbonyl (C=O) groups excluding carboxylic acids is 2. The summed E-state index contributed by atoms with van der Waals surface area (Å²) in [6.45, 7) is 0.267. The number of nitrogens with zero attached hydrogens (tertiary/aromatic N) is 2. The Kier molecular flexibility index (Phi) is 4.96. The lowest BCUT2D eigenvalue weighted by atomic mass is 10.1. The van der Waals surface area contributed by atoms with Gasteiger partial charge in [-0.3, -0.25) is 9.59 Å². The number of likely N-dealkylation sites (N-methyl/N-ethyl adjacent to an activating group) is 1. The molecule has 4 nitrogen and oxygen atoms in total. The Labute approximate surface area is 167 Å². The SMILES string of the molecule is CN(C(=O)C(=O)c1cn(Cc2ccccc2F)c2ccccc12)c1ccccc1. The largest absolute Gasteiger partial charge is 0.342 e. The molecule has 5 heteroatoms. The number of halogens is 1. The first kappa shape index (κ1) is 18.6. The molecule has 4 rings (SSSR count). The quantitative estimate of drug-likeness (QED) is 0.369. The van der Waals surface area contributed by atoms with Crippen LogP contribution in [-0.4, -0.2) is 23.3 Å². The number of carbonyl (C=O) groups is 2. The van der Waals surface area contributed by atoms with E-state index in [1.807, 2.05) is 36.4 Å². The predicted octanol–water partition coefficient (Wildman–Crippen LogP) is 4.67. The van der Waals surface area contributed by atoms with Crippen molar-refractivity contribution in [1.82, 2.24) is 4.57 Å². The van der Waals surface area contributed by atoms with Gasteiger partial charge in [0.15, 0.2) is 0 Å². The number of fused-ring (bicyclic) bond motifs is 1. The van der Waals surface area contributed by atoms with Gasteiger partial charge in [0, 0.05) is 35.4 Å². The smallest absolute Gasteiger partial charge is 0.299 e. The molecule has 1 heterocycles. The summed E-state index contributed by atoms with van der Waals surface area (Å²) in [4.78, 5) is 27.2. The summed E-state index contributed by atoms with van der Waals surface area (Å²) in [5.41, 5.74) is 2.24. The molecule has 144 valence electrons. The third-order valence-electron chi connectivity index (χ3n) is 4.97. The van der Waals surface area contributed by atoms with Crippen LogP contribution in [0, 0.1) is 5.82 Å². The van der Waals surface area contributed by atoms with Crippen LogP contribution in [0.5, 0.6) is 0 Å². The van der Waals surface area contributed by atoms with Crippen molar-refractivity contribution in [1.29, 1.82) is 0 Å². The Balaban J connectivity index is 1.72. The maximum absolute atomic E-state index is 14.1. The third kappa shape index (κ3) is 3.55. The average molecular weight is 386 g/mol. The highest BCUT2D eigenvalue weighted by Crippen LogP contribution is 2.24. The van der Waals surface area contributed by atoms with Gasteiger partial charge >= 0.3 is 0 Å². The van der Waals surface area contributed by atoms with Gasteiger partial charge in [0.05, 0.1) is 12.1 Å². The van der Waals surface area contributed by atoms with E-state index in [9.17, 15) is 14.0 Å². The molecular weight excluding hydrogens is 367 g/mol. The standard InChI is InChI=1S/C24H19FN2O2/c1-26(18-10-3-2-4-11-18)24(29)23(28)20-16-27(22-14-8-6-12-19(20)22)15-17-9-5-7-13-21(17)25/h2-14,16H,15H2,1H3. The minimum Gasteiger partial charge on any atom is -0.342 e. The van der Waals surface area contributed by atoms with Crippen LogP contribution in [0.3, 0.4) is 0 Å². The lowest BCUT2D eigenvalue weighted by molar-refractivity contribution is -0.114. The number of hydrogen-bond acceptors (Lipinski definition) is 2. The molecule has 0 spiro atoms. The van der Waals surface area contributed by atoms with Crippen LogP contribution in [-0.2, 0) is 11.3 Å². The van der Waals surface area contributed by atoms with E-state index in [1.165, 1.54) is 11.0 Å². The molecule has 0 aliphatic rings. The molecule has 0 saturated carbocycles. The minimum atomic E-state index is -0.620. The number of rotatable bonds is 5. The Morgan fingerprint density at radius 1 is 0.897 bits per heavy atom. The molecule has 1 amide bonds. The van der Waals surface area contributed by atoms with Crippen molar-refractivity contribution in [3.05, 3.63) is 102 Å². The lowest BCUT2D eigenvalue weighted by Gasteiger charge is -2.15. The van der Waals surface area contributed by atoms with Gasteiger partial charge in [-0.25, -0.2) is 4.39 Å². The number of para-hydroxylation sites is 2. The van der Waals surface area contributed by atoms with Gasteiger partial charge in [0.1, 0.15) is 5.82 Å². The lowest BCUT2D eigenvalue weighted by Crippen LogP contribution is -2.33. The molecule has 0 bridgehead atoms. The van der Waals surface area contributed by atoms with Crippen molar-refractivity contribution in [2.45, 2.75) is 6.54 Å². The zero-order valence-corrected chi connectivity index (χ0v) is 15.9. The molecule has 4 aromatic rings. The first-order valence-corrected chi connectivity index (χ1v) is 9.25. The Morgan fingerprint density at radius 3 is 2.31 bits per heavy atom. The number of benzene rings is 3. The van der Waals surface area contributed by atoms with Crippen LogP contribution in [0.4, 0.5) is 10.1 Å². The van der Waals surface area contributed by atoms with Crippen LogP contribution < -0.4 is 4.90 Å². The zero-order valence-electron chi connectivity index (χ0n) is 15.9. The number of anilines is 1. The predicted molar refractivity (Wildman–Crippen MR) is 112 cm³/mol. The topological polar surface area (TPSA) is 42.3 Å². The van der Waals surface area contributed by atoms with E-state index in [1.54, 1.807) is 54.2 Å². The van der Waals surface area contributed by atoms with Gasteiger partial charge in [-0.15, -0.1) is 0 Å². The molecule has 0 radical (unpaired) electrons. The van der Waals surface area contributed by atoms with Gasteiger partial charge < -0.3 is 9.47 Å². The summed E-state index contributed by atoms with van der Waals surface area (Å²) < 4.78 is 15.9. The van der Waals surface area contributed by atoms with E-state index in [0.717, 1.165) is 5.52 Å². The molecule has 29 heavy (non-hydrogen) atoms. The molecule has 3 aromatic carbocycles. The number of amides is 1. The maximum Gasteiger partial charge on any atom is 0.299 e. The molecule has 0 aliphatic carbocycles. The second-order valence-electron chi connectivity index (χ2n) is 6.81. The highest BCUT2D eigenvalue weighted by Gasteiger charge is 2.25. The molecule has 0 N–H and O–H groups in total. The number of aromatic nitrogens is 1. The van der Waals surface area contributed by atoms with Crippen molar-refractivity contribution in [2.24, 2.45) is 0 Å².